The topological polar surface area (TPSA) is 87.3 Å². The van der Waals surface area contributed by atoms with E-state index in [1.165, 1.54) is 18.3 Å². The van der Waals surface area contributed by atoms with Crippen molar-refractivity contribution in [2.75, 3.05) is 5.32 Å². The highest BCUT2D eigenvalue weighted by atomic mass is 35.5. The summed E-state index contributed by atoms with van der Waals surface area (Å²) in [4.78, 5) is 37.6. The monoisotopic (exact) mass is 405 g/mol. The SMILES string of the molecule is CC(=O)NNC(=O)c1c(NC(=O)c2ccccc2Cl)sc2c1CCCCC2. The molecule has 142 valence electrons. The summed E-state index contributed by atoms with van der Waals surface area (Å²) in [5.74, 6) is -1.17. The zero-order valence-electron chi connectivity index (χ0n) is 14.9. The number of aryl methyl sites for hydroxylation is 1. The molecule has 3 amide bonds. The Kier molecular flexibility index (Phi) is 6.13. The number of halogens is 1. The molecule has 1 aromatic carbocycles. The van der Waals surface area contributed by atoms with Crippen LogP contribution in [-0.4, -0.2) is 17.7 Å². The standard InChI is InChI=1S/C19H20ClN3O3S/c1-11(24)22-23-18(26)16-13-8-3-2-4-10-15(13)27-19(16)21-17(25)12-7-5-6-9-14(12)20/h5-7,9H,2-4,8,10H2,1H3,(H,21,25)(H,22,24)(H,23,26). The number of carbonyl (C=O) groups excluding carboxylic acids is 3. The number of hydrogen-bond donors (Lipinski definition) is 3. The Morgan fingerprint density at radius 2 is 1.74 bits per heavy atom. The van der Waals surface area contributed by atoms with Gasteiger partial charge in [0, 0.05) is 11.8 Å². The summed E-state index contributed by atoms with van der Waals surface area (Å²) < 4.78 is 0. The lowest BCUT2D eigenvalue weighted by Gasteiger charge is -2.10. The molecule has 0 unspecified atom stereocenters. The normalized spacial score (nSPS) is 13.3. The molecule has 0 atom stereocenters. The predicted octanol–water partition coefficient (Wildman–Crippen LogP) is 3.70. The summed E-state index contributed by atoms with van der Waals surface area (Å²) in [5.41, 5.74) is 6.44. The third kappa shape index (κ3) is 4.48. The van der Waals surface area contributed by atoms with Crippen molar-refractivity contribution in [2.45, 2.75) is 39.0 Å². The van der Waals surface area contributed by atoms with Crippen molar-refractivity contribution in [3.05, 3.63) is 50.9 Å². The fraction of sp³-hybridized carbons (Fsp3) is 0.316. The van der Waals surface area contributed by atoms with Gasteiger partial charge in [-0.05, 0) is 43.4 Å². The minimum absolute atomic E-state index is 0.343. The second-order valence-electron chi connectivity index (χ2n) is 6.34. The Labute approximate surface area is 166 Å². The largest absolute Gasteiger partial charge is 0.313 e. The Bertz CT molecular complexity index is 894. The summed E-state index contributed by atoms with van der Waals surface area (Å²) in [5, 5.41) is 3.66. The number of anilines is 1. The van der Waals surface area contributed by atoms with Gasteiger partial charge in [-0.1, -0.05) is 30.2 Å². The van der Waals surface area contributed by atoms with Crippen molar-refractivity contribution >= 4 is 45.7 Å². The molecule has 0 fully saturated rings. The first-order valence-electron chi connectivity index (χ1n) is 8.74. The van der Waals surface area contributed by atoms with E-state index in [0.29, 0.717) is 21.2 Å². The molecule has 27 heavy (non-hydrogen) atoms. The maximum atomic E-state index is 12.7. The van der Waals surface area contributed by atoms with Crippen molar-refractivity contribution in [2.24, 2.45) is 0 Å². The van der Waals surface area contributed by atoms with Gasteiger partial charge in [0.05, 0.1) is 16.1 Å². The number of benzene rings is 1. The van der Waals surface area contributed by atoms with Crippen LogP contribution in [0.2, 0.25) is 5.02 Å². The summed E-state index contributed by atoms with van der Waals surface area (Å²) in [6, 6.07) is 6.76. The zero-order chi connectivity index (χ0) is 19.4. The van der Waals surface area contributed by atoms with Gasteiger partial charge in [0.25, 0.3) is 11.8 Å². The molecule has 1 aliphatic rings. The number of nitrogens with one attached hydrogen (secondary N) is 3. The quantitative estimate of drug-likeness (QED) is 0.537. The second kappa shape index (κ2) is 8.54. The van der Waals surface area contributed by atoms with Crippen LogP contribution in [0.15, 0.2) is 24.3 Å². The molecule has 3 N–H and O–H groups in total. The number of thiophene rings is 1. The van der Waals surface area contributed by atoms with Crippen LogP contribution < -0.4 is 16.2 Å². The Morgan fingerprint density at radius 3 is 2.48 bits per heavy atom. The van der Waals surface area contributed by atoms with Crippen molar-refractivity contribution in [3.8, 4) is 0 Å². The lowest BCUT2D eigenvalue weighted by atomic mass is 10.0. The van der Waals surface area contributed by atoms with Gasteiger partial charge in [-0.2, -0.15) is 0 Å². The van der Waals surface area contributed by atoms with Crippen LogP contribution in [-0.2, 0) is 17.6 Å². The number of rotatable bonds is 3. The van der Waals surface area contributed by atoms with Gasteiger partial charge in [0.1, 0.15) is 5.00 Å². The highest BCUT2D eigenvalue weighted by Crippen LogP contribution is 2.37. The van der Waals surface area contributed by atoms with E-state index in [2.05, 4.69) is 16.2 Å². The first kappa shape index (κ1) is 19.4. The molecule has 0 saturated carbocycles. The van der Waals surface area contributed by atoms with E-state index in [1.54, 1.807) is 24.3 Å². The van der Waals surface area contributed by atoms with Gasteiger partial charge < -0.3 is 5.32 Å². The molecule has 1 heterocycles. The number of carbonyl (C=O) groups is 3. The maximum Gasteiger partial charge on any atom is 0.272 e. The van der Waals surface area contributed by atoms with Crippen molar-refractivity contribution in [3.63, 3.8) is 0 Å². The molecule has 3 rings (SSSR count). The molecule has 1 aliphatic carbocycles. The Hall–Kier alpha value is -2.38. The highest BCUT2D eigenvalue weighted by Gasteiger charge is 2.26. The van der Waals surface area contributed by atoms with Crippen LogP contribution in [0, 0.1) is 0 Å². The van der Waals surface area contributed by atoms with Crippen LogP contribution in [0.3, 0.4) is 0 Å². The molecule has 0 spiro atoms. The molecular formula is C19H20ClN3O3S. The fourth-order valence-electron chi connectivity index (χ4n) is 3.09. The summed E-state index contributed by atoms with van der Waals surface area (Å²) in [7, 11) is 0. The lowest BCUT2D eigenvalue weighted by molar-refractivity contribution is -0.119. The fourth-order valence-corrected chi connectivity index (χ4v) is 4.60. The van der Waals surface area contributed by atoms with Gasteiger partial charge >= 0.3 is 0 Å². The average molecular weight is 406 g/mol. The van der Waals surface area contributed by atoms with Crippen LogP contribution in [0.4, 0.5) is 5.00 Å². The third-order valence-corrected chi connectivity index (χ3v) is 5.88. The van der Waals surface area contributed by atoms with Crippen LogP contribution >= 0.6 is 22.9 Å². The van der Waals surface area contributed by atoms with Gasteiger partial charge in [-0.3, -0.25) is 25.2 Å². The number of amides is 3. The van der Waals surface area contributed by atoms with Crippen molar-refractivity contribution in [1.82, 2.24) is 10.9 Å². The Balaban J connectivity index is 1.94. The molecule has 6 nitrogen and oxygen atoms in total. The van der Waals surface area contributed by atoms with Gasteiger partial charge in [-0.25, -0.2) is 0 Å². The molecule has 2 aromatic rings. The van der Waals surface area contributed by atoms with Crippen LogP contribution in [0.25, 0.3) is 0 Å². The number of fused-ring (bicyclic) bond motifs is 1. The van der Waals surface area contributed by atoms with Crippen molar-refractivity contribution < 1.29 is 14.4 Å². The summed E-state index contributed by atoms with van der Waals surface area (Å²) in [6.45, 7) is 1.31. The lowest BCUT2D eigenvalue weighted by Crippen LogP contribution is -2.40. The zero-order valence-corrected chi connectivity index (χ0v) is 16.4. The smallest absolute Gasteiger partial charge is 0.272 e. The van der Waals surface area contributed by atoms with Gasteiger partial charge in [-0.15, -0.1) is 11.3 Å². The molecule has 0 bridgehead atoms. The van der Waals surface area contributed by atoms with Gasteiger partial charge in [0.15, 0.2) is 0 Å². The number of hydrogen-bond acceptors (Lipinski definition) is 4. The maximum absolute atomic E-state index is 12.7. The van der Waals surface area contributed by atoms with E-state index in [9.17, 15) is 14.4 Å². The molecule has 8 heteroatoms. The first-order chi connectivity index (χ1) is 13.0. The molecule has 0 radical (unpaired) electrons. The van der Waals surface area contributed by atoms with Gasteiger partial charge in [0.2, 0.25) is 5.91 Å². The van der Waals surface area contributed by atoms with Crippen LogP contribution in [0.1, 0.15) is 57.3 Å². The second-order valence-corrected chi connectivity index (χ2v) is 7.85. The van der Waals surface area contributed by atoms with E-state index in [4.69, 9.17) is 11.6 Å². The van der Waals surface area contributed by atoms with E-state index >= 15 is 0 Å². The molecule has 1 aromatic heterocycles. The van der Waals surface area contributed by atoms with E-state index in [-0.39, 0.29) is 11.8 Å². The molecule has 0 saturated heterocycles. The summed E-state index contributed by atoms with van der Waals surface area (Å²) in [6.07, 6.45) is 4.80. The molecule has 0 aliphatic heterocycles. The Morgan fingerprint density at radius 1 is 1.00 bits per heavy atom. The minimum Gasteiger partial charge on any atom is -0.313 e. The van der Waals surface area contributed by atoms with E-state index in [0.717, 1.165) is 42.5 Å². The third-order valence-electron chi connectivity index (χ3n) is 4.35. The van der Waals surface area contributed by atoms with E-state index in [1.807, 2.05) is 0 Å². The average Bonchev–Trinajstić information content (AvgIpc) is 2.81. The highest BCUT2D eigenvalue weighted by molar-refractivity contribution is 7.17. The van der Waals surface area contributed by atoms with Crippen LogP contribution in [0.5, 0.6) is 0 Å². The number of hydrazine groups is 1. The summed E-state index contributed by atoms with van der Waals surface area (Å²) >= 11 is 7.53. The van der Waals surface area contributed by atoms with Crippen molar-refractivity contribution in [1.29, 1.82) is 0 Å². The predicted molar refractivity (Wildman–Crippen MR) is 106 cm³/mol. The minimum atomic E-state index is -0.431. The first-order valence-corrected chi connectivity index (χ1v) is 9.94. The van der Waals surface area contributed by atoms with E-state index < -0.39 is 5.91 Å². The molecular weight excluding hydrogens is 386 g/mol.